The van der Waals surface area contributed by atoms with Gasteiger partial charge < -0.3 is 5.32 Å². The molecule has 1 aromatic rings. The van der Waals surface area contributed by atoms with Gasteiger partial charge in [-0.2, -0.15) is 5.10 Å². The van der Waals surface area contributed by atoms with E-state index in [0.717, 1.165) is 0 Å². The summed E-state index contributed by atoms with van der Waals surface area (Å²) < 4.78 is 0.581. The van der Waals surface area contributed by atoms with Gasteiger partial charge in [0.05, 0.1) is 12.4 Å². The first-order valence-corrected chi connectivity index (χ1v) is 5.59. The zero-order chi connectivity index (χ0) is 12.3. The van der Waals surface area contributed by atoms with Crippen LogP contribution in [0.25, 0.3) is 0 Å². The third-order valence-electron chi connectivity index (χ3n) is 2.03. The second kappa shape index (κ2) is 5.00. The molecule has 0 saturated carbocycles. The third-order valence-corrected chi connectivity index (χ3v) is 2.44. The summed E-state index contributed by atoms with van der Waals surface area (Å²) in [5.41, 5.74) is 2.53. The molecule has 0 radical (unpaired) electrons. The standard InChI is InChI=1S/C9H8BrN5O2/c10-6-3-12-7(4-11-6)13-9(17)5-1-2-8(16)15-14-5/h3-4H,1-2H2,(H,15,16)(H,12,13,17). The summed E-state index contributed by atoms with van der Waals surface area (Å²) in [5, 5.41) is 6.21. The van der Waals surface area contributed by atoms with Crippen LogP contribution in [0.1, 0.15) is 12.8 Å². The molecule has 2 heterocycles. The van der Waals surface area contributed by atoms with Gasteiger partial charge in [-0.05, 0) is 15.9 Å². The monoisotopic (exact) mass is 297 g/mol. The normalized spacial score (nSPS) is 14.9. The number of nitrogens with zero attached hydrogens (tertiary/aromatic N) is 3. The summed E-state index contributed by atoms with van der Waals surface area (Å²) in [6.07, 6.45) is 3.48. The van der Waals surface area contributed by atoms with E-state index in [4.69, 9.17) is 0 Å². The van der Waals surface area contributed by atoms with Crippen LogP contribution in [-0.4, -0.2) is 27.5 Å². The van der Waals surface area contributed by atoms with E-state index in [9.17, 15) is 9.59 Å². The Morgan fingerprint density at radius 2 is 2.18 bits per heavy atom. The molecule has 8 heteroatoms. The van der Waals surface area contributed by atoms with Crippen LogP contribution in [0.4, 0.5) is 5.82 Å². The predicted molar refractivity (Wildman–Crippen MR) is 63.2 cm³/mol. The first-order valence-electron chi connectivity index (χ1n) is 4.79. The van der Waals surface area contributed by atoms with E-state index >= 15 is 0 Å². The van der Waals surface area contributed by atoms with Gasteiger partial charge in [0.1, 0.15) is 10.3 Å². The topological polar surface area (TPSA) is 96.3 Å². The maximum absolute atomic E-state index is 11.7. The molecule has 7 nitrogen and oxygen atoms in total. The second-order valence-corrected chi connectivity index (χ2v) is 4.08. The molecule has 1 aromatic heterocycles. The highest BCUT2D eigenvalue weighted by molar-refractivity contribution is 9.10. The minimum absolute atomic E-state index is 0.190. The lowest BCUT2D eigenvalue weighted by Crippen LogP contribution is -2.32. The van der Waals surface area contributed by atoms with Crippen molar-refractivity contribution in [3.8, 4) is 0 Å². The first kappa shape index (κ1) is 11.6. The fraction of sp³-hybridized carbons (Fsp3) is 0.222. The van der Waals surface area contributed by atoms with E-state index in [-0.39, 0.29) is 23.9 Å². The minimum Gasteiger partial charge on any atom is -0.304 e. The van der Waals surface area contributed by atoms with Crippen LogP contribution in [0.5, 0.6) is 0 Å². The van der Waals surface area contributed by atoms with Crippen LogP contribution in [0.3, 0.4) is 0 Å². The smallest absolute Gasteiger partial charge is 0.273 e. The Morgan fingerprint density at radius 3 is 2.76 bits per heavy atom. The summed E-state index contributed by atoms with van der Waals surface area (Å²) in [5.74, 6) is -0.246. The average molecular weight is 298 g/mol. The van der Waals surface area contributed by atoms with Gasteiger partial charge in [-0.3, -0.25) is 9.59 Å². The number of halogens is 1. The van der Waals surface area contributed by atoms with Gasteiger partial charge in [-0.15, -0.1) is 0 Å². The highest BCUT2D eigenvalue weighted by Gasteiger charge is 2.18. The summed E-state index contributed by atoms with van der Waals surface area (Å²) in [6.45, 7) is 0. The molecular weight excluding hydrogens is 290 g/mol. The number of hydrogen-bond acceptors (Lipinski definition) is 5. The number of hydrazone groups is 1. The van der Waals surface area contributed by atoms with Crippen molar-refractivity contribution in [2.24, 2.45) is 5.10 Å². The van der Waals surface area contributed by atoms with Crippen molar-refractivity contribution in [3.63, 3.8) is 0 Å². The fourth-order valence-corrected chi connectivity index (χ4v) is 1.41. The fourth-order valence-electron chi connectivity index (χ4n) is 1.20. The first-order chi connectivity index (χ1) is 8.15. The number of amides is 2. The van der Waals surface area contributed by atoms with Crippen molar-refractivity contribution in [1.82, 2.24) is 15.4 Å². The minimum atomic E-state index is -0.387. The lowest BCUT2D eigenvalue weighted by molar-refractivity contribution is -0.121. The number of carbonyl (C=O) groups excluding carboxylic acids is 2. The van der Waals surface area contributed by atoms with Crippen molar-refractivity contribution in [2.45, 2.75) is 12.8 Å². The number of carbonyl (C=O) groups is 2. The van der Waals surface area contributed by atoms with E-state index in [1.54, 1.807) is 0 Å². The molecule has 1 aliphatic heterocycles. The molecule has 0 aromatic carbocycles. The molecule has 0 atom stereocenters. The second-order valence-electron chi connectivity index (χ2n) is 3.27. The molecule has 1 aliphatic rings. The molecule has 2 rings (SSSR count). The van der Waals surface area contributed by atoms with Gasteiger partial charge in [-0.1, -0.05) is 0 Å². The number of anilines is 1. The van der Waals surface area contributed by atoms with Crippen LogP contribution < -0.4 is 10.7 Å². The predicted octanol–water partition coefficient (Wildman–Crippen LogP) is 0.444. The number of hydrogen-bond donors (Lipinski definition) is 2. The van der Waals surface area contributed by atoms with Crippen molar-refractivity contribution < 1.29 is 9.59 Å². The molecule has 2 N–H and O–H groups in total. The molecule has 0 bridgehead atoms. The number of nitrogens with one attached hydrogen (secondary N) is 2. The van der Waals surface area contributed by atoms with Crippen LogP contribution in [-0.2, 0) is 9.59 Å². The molecule has 0 spiro atoms. The van der Waals surface area contributed by atoms with Gasteiger partial charge in [0, 0.05) is 12.8 Å². The van der Waals surface area contributed by atoms with Crippen molar-refractivity contribution in [2.75, 3.05) is 5.32 Å². The third kappa shape index (κ3) is 3.06. The average Bonchev–Trinajstić information content (AvgIpc) is 2.33. The van der Waals surface area contributed by atoms with Gasteiger partial charge >= 0.3 is 0 Å². The van der Waals surface area contributed by atoms with E-state index in [2.05, 4.69) is 41.7 Å². The van der Waals surface area contributed by atoms with Gasteiger partial charge in [-0.25, -0.2) is 15.4 Å². The zero-order valence-electron chi connectivity index (χ0n) is 8.61. The van der Waals surface area contributed by atoms with E-state index in [1.165, 1.54) is 12.4 Å². The molecule has 17 heavy (non-hydrogen) atoms. The van der Waals surface area contributed by atoms with E-state index in [0.29, 0.717) is 16.8 Å². The summed E-state index contributed by atoms with van der Waals surface area (Å²) >= 11 is 3.14. The maximum atomic E-state index is 11.7. The van der Waals surface area contributed by atoms with Crippen LogP contribution in [0, 0.1) is 0 Å². The number of aromatic nitrogens is 2. The highest BCUT2D eigenvalue weighted by Crippen LogP contribution is 2.07. The maximum Gasteiger partial charge on any atom is 0.273 e. The lowest BCUT2D eigenvalue weighted by atomic mass is 10.1. The Balaban J connectivity index is 2.02. The van der Waals surface area contributed by atoms with Gasteiger partial charge in [0.2, 0.25) is 5.91 Å². The van der Waals surface area contributed by atoms with Crippen molar-refractivity contribution >= 4 is 39.3 Å². The Kier molecular flexibility index (Phi) is 3.43. The molecular formula is C9H8BrN5O2. The molecule has 0 unspecified atom stereocenters. The van der Waals surface area contributed by atoms with Crippen LogP contribution >= 0.6 is 15.9 Å². The summed E-state index contributed by atoms with van der Waals surface area (Å²) in [6, 6.07) is 0. The summed E-state index contributed by atoms with van der Waals surface area (Å²) in [4.78, 5) is 30.4. The van der Waals surface area contributed by atoms with E-state index < -0.39 is 0 Å². The van der Waals surface area contributed by atoms with Crippen molar-refractivity contribution in [1.29, 1.82) is 0 Å². The molecule has 0 saturated heterocycles. The molecule has 2 amide bonds. The van der Waals surface area contributed by atoms with Gasteiger partial charge in [0.15, 0.2) is 5.82 Å². The molecule has 0 fully saturated rings. The Morgan fingerprint density at radius 1 is 1.35 bits per heavy atom. The SMILES string of the molecule is O=C1CCC(C(=O)Nc2cnc(Br)cn2)=NN1. The Hall–Kier alpha value is -1.83. The Labute approximate surface area is 105 Å². The van der Waals surface area contributed by atoms with E-state index in [1.807, 2.05) is 0 Å². The molecule has 88 valence electrons. The largest absolute Gasteiger partial charge is 0.304 e. The molecule has 0 aliphatic carbocycles. The van der Waals surface area contributed by atoms with Crippen LogP contribution in [0.2, 0.25) is 0 Å². The highest BCUT2D eigenvalue weighted by atomic mass is 79.9. The quantitative estimate of drug-likeness (QED) is 0.828. The Bertz CT molecular complexity index is 485. The van der Waals surface area contributed by atoms with Gasteiger partial charge in [0.25, 0.3) is 5.91 Å². The van der Waals surface area contributed by atoms with Crippen molar-refractivity contribution in [3.05, 3.63) is 17.0 Å². The zero-order valence-corrected chi connectivity index (χ0v) is 10.2. The van der Waals surface area contributed by atoms with Crippen LogP contribution in [0.15, 0.2) is 22.1 Å². The number of rotatable bonds is 2. The summed E-state index contributed by atoms with van der Waals surface area (Å²) in [7, 11) is 0. The lowest BCUT2D eigenvalue weighted by Gasteiger charge is -2.11.